The Kier molecular flexibility index (Phi) is 9.02. The van der Waals surface area contributed by atoms with E-state index in [0.717, 1.165) is 36.3 Å². The predicted molar refractivity (Wildman–Crippen MR) is 121 cm³/mol. The maximum Gasteiger partial charge on any atom is 0.240 e. The number of aryl methyl sites for hydroxylation is 2. The molecule has 2 N–H and O–H groups in total. The molecule has 0 spiro atoms. The molecule has 30 heavy (non-hydrogen) atoms. The summed E-state index contributed by atoms with van der Waals surface area (Å²) in [6, 6.07) is 13.2. The van der Waals surface area contributed by atoms with Crippen molar-refractivity contribution in [2.45, 2.75) is 52.1 Å². The molecule has 1 amide bonds. The van der Waals surface area contributed by atoms with Gasteiger partial charge >= 0.3 is 0 Å². The minimum Gasteiger partial charge on any atom is -0.352 e. The van der Waals surface area contributed by atoms with Crippen molar-refractivity contribution >= 4 is 15.9 Å². The molecular formula is C23H33N3O3S. The molecule has 0 radical (unpaired) electrons. The molecule has 0 heterocycles. The van der Waals surface area contributed by atoms with E-state index in [1.165, 1.54) is 5.56 Å². The Morgan fingerprint density at radius 1 is 0.933 bits per heavy atom. The molecule has 0 aliphatic heterocycles. The van der Waals surface area contributed by atoms with Gasteiger partial charge in [0.25, 0.3) is 0 Å². The van der Waals surface area contributed by atoms with Gasteiger partial charge in [-0.3, -0.25) is 9.69 Å². The molecule has 0 bridgehead atoms. The van der Waals surface area contributed by atoms with E-state index in [2.05, 4.69) is 40.9 Å². The summed E-state index contributed by atoms with van der Waals surface area (Å²) < 4.78 is 27.2. The van der Waals surface area contributed by atoms with Crippen LogP contribution in [0.15, 0.2) is 47.4 Å². The van der Waals surface area contributed by atoms with Crippen LogP contribution < -0.4 is 10.0 Å². The summed E-state index contributed by atoms with van der Waals surface area (Å²) in [6.07, 6.45) is 0.0874. The van der Waals surface area contributed by atoms with Crippen LogP contribution in [-0.2, 0) is 27.9 Å². The van der Waals surface area contributed by atoms with Crippen molar-refractivity contribution < 1.29 is 13.2 Å². The Balaban J connectivity index is 1.77. The lowest BCUT2D eigenvalue weighted by Gasteiger charge is -2.18. The minimum atomic E-state index is -3.62. The number of hydrogen-bond donors (Lipinski definition) is 2. The number of rotatable bonds is 11. The molecule has 0 atom stereocenters. The second-order valence-electron chi connectivity index (χ2n) is 7.45. The van der Waals surface area contributed by atoms with Gasteiger partial charge in [0.1, 0.15) is 0 Å². The normalized spacial score (nSPS) is 11.6. The lowest BCUT2D eigenvalue weighted by atomic mass is 10.1. The van der Waals surface area contributed by atoms with Crippen molar-refractivity contribution in [3.05, 3.63) is 64.7 Å². The molecule has 6 nitrogen and oxygen atoms in total. The van der Waals surface area contributed by atoms with Gasteiger partial charge in [0.15, 0.2) is 0 Å². The highest BCUT2D eigenvalue weighted by atomic mass is 32.2. The lowest BCUT2D eigenvalue weighted by molar-refractivity contribution is -0.121. The fourth-order valence-electron chi connectivity index (χ4n) is 3.02. The SMILES string of the molecule is CCN(CC)Cc1ccc(CNC(=O)CCNS(=O)(=O)c2ccc(C)c(C)c2)cc1. The van der Waals surface area contributed by atoms with Crippen LogP contribution in [0.2, 0.25) is 0 Å². The first kappa shape index (κ1) is 24.1. The summed E-state index contributed by atoms with van der Waals surface area (Å²) >= 11 is 0. The van der Waals surface area contributed by atoms with Crippen molar-refractivity contribution in [1.29, 1.82) is 0 Å². The number of hydrogen-bond acceptors (Lipinski definition) is 4. The molecule has 0 fully saturated rings. The molecule has 0 aliphatic rings. The molecule has 0 aromatic heterocycles. The van der Waals surface area contributed by atoms with Gasteiger partial charge in [0.2, 0.25) is 15.9 Å². The molecule has 2 aromatic rings. The zero-order valence-corrected chi connectivity index (χ0v) is 19.2. The van der Waals surface area contributed by atoms with E-state index in [0.29, 0.717) is 6.54 Å². The summed E-state index contributed by atoms with van der Waals surface area (Å²) in [5.74, 6) is -0.190. The smallest absolute Gasteiger partial charge is 0.240 e. The van der Waals surface area contributed by atoms with Crippen LogP contribution in [0.25, 0.3) is 0 Å². The van der Waals surface area contributed by atoms with Crippen LogP contribution in [0.3, 0.4) is 0 Å². The standard InChI is InChI=1S/C23H33N3O3S/c1-5-26(6-2)17-21-10-8-20(9-11-21)16-24-23(27)13-14-25-30(28,29)22-12-7-18(3)19(4)15-22/h7-12,15,25H,5-6,13-14,16-17H2,1-4H3,(H,24,27). The largest absolute Gasteiger partial charge is 0.352 e. The maximum absolute atomic E-state index is 12.4. The molecule has 0 unspecified atom stereocenters. The summed E-state index contributed by atoms with van der Waals surface area (Å²) in [6.45, 7) is 11.5. The second kappa shape index (κ2) is 11.2. The minimum absolute atomic E-state index is 0.0594. The van der Waals surface area contributed by atoms with Gasteiger partial charge in [0, 0.05) is 26.1 Å². The lowest BCUT2D eigenvalue weighted by Crippen LogP contribution is -2.30. The van der Waals surface area contributed by atoms with E-state index in [4.69, 9.17) is 0 Å². The molecule has 2 aromatic carbocycles. The number of sulfonamides is 1. The average molecular weight is 432 g/mol. The highest BCUT2D eigenvalue weighted by Gasteiger charge is 2.14. The van der Waals surface area contributed by atoms with E-state index in [-0.39, 0.29) is 23.8 Å². The third-order valence-electron chi connectivity index (χ3n) is 5.25. The predicted octanol–water partition coefficient (Wildman–Crippen LogP) is 3.13. The molecule has 0 aliphatic carbocycles. The van der Waals surface area contributed by atoms with Crippen LogP contribution in [0.4, 0.5) is 0 Å². The summed E-state index contributed by atoms with van der Waals surface area (Å²) in [5, 5.41) is 2.84. The first-order valence-electron chi connectivity index (χ1n) is 10.4. The quantitative estimate of drug-likeness (QED) is 0.573. The van der Waals surface area contributed by atoms with Gasteiger partial charge in [-0.1, -0.05) is 44.2 Å². The van der Waals surface area contributed by atoms with E-state index in [1.807, 2.05) is 26.0 Å². The monoisotopic (exact) mass is 431 g/mol. The number of carbonyl (C=O) groups excluding carboxylic acids is 1. The van der Waals surface area contributed by atoms with Crippen molar-refractivity contribution in [1.82, 2.24) is 14.9 Å². The fraction of sp³-hybridized carbons (Fsp3) is 0.435. The van der Waals surface area contributed by atoms with E-state index in [9.17, 15) is 13.2 Å². The summed E-state index contributed by atoms with van der Waals surface area (Å²) in [5.41, 5.74) is 4.21. The zero-order chi connectivity index (χ0) is 22.1. The van der Waals surface area contributed by atoms with E-state index in [1.54, 1.807) is 18.2 Å². The number of nitrogens with zero attached hydrogens (tertiary/aromatic N) is 1. The number of benzene rings is 2. The zero-order valence-electron chi connectivity index (χ0n) is 18.4. The average Bonchev–Trinajstić information content (AvgIpc) is 2.73. The van der Waals surface area contributed by atoms with Crippen molar-refractivity contribution in [2.24, 2.45) is 0 Å². The first-order chi connectivity index (χ1) is 14.2. The Morgan fingerprint density at radius 2 is 1.57 bits per heavy atom. The van der Waals surface area contributed by atoms with Crippen molar-refractivity contribution in [2.75, 3.05) is 19.6 Å². The number of carbonyl (C=O) groups is 1. The Hall–Kier alpha value is -2.22. The topological polar surface area (TPSA) is 78.5 Å². The van der Waals surface area contributed by atoms with Crippen LogP contribution in [0.5, 0.6) is 0 Å². The Labute approximate surface area is 180 Å². The Bertz CT molecular complexity index is 937. The van der Waals surface area contributed by atoms with E-state index < -0.39 is 10.0 Å². The summed E-state index contributed by atoms with van der Waals surface area (Å²) in [7, 11) is -3.62. The second-order valence-corrected chi connectivity index (χ2v) is 9.22. The molecular weight excluding hydrogens is 398 g/mol. The Morgan fingerprint density at radius 3 is 2.17 bits per heavy atom. The van der Waals surface area contributed by atoms with Crippen molar-refractivity contribution in [3.8, 4) is 0 Å². The van der Waals surface area contributed by atoms with Crippen LogP contribution in [0.1, 0.15) is 42.5 Å². The molecule has 0 saturated heterocycles. The van der Waals surface area contributed by atoms with Crippen molar-refractivity contribution in [3.63, 3.8) is 0 Å². The fourth-order valence-corrected chi connectivity index (χ4v) is 4.14. The number of nitrogens with one attached hydrogen (secondary N) is 2. The van der Waals surface area contributed by atoms with Crippen LogP contribution >= 0.6 is 0 Å². The first-order valence-corrected chi connectivity index (χ1v) is 11.9. The molecule has 164 valence electrons. The van der Waals surface area contributed by atoms with Gasteiger partial charge in [-0.25, -0.2) is 13.1 Å². The van der Waals surface area contributed by atoms with Gasteiger partial charge in [-0.15, -0.1) is 0 Å². The summed E-state index contributed by atoms with van der Waals surface area (Å²) in [4.78, 5) is 14.6. The van der Waals surface area contributed by atoms with Crippen LogP contribution in [-0.4, -0.2) is 38.9 Å². The highest BCUT2D eigenvalue weighted by molar-refractivity contribution is 7.89. The van der Waals surface area contributed by atoms with Gasteiger partial charge < -0.3 is 5.32 Å². The number of amides is 1. The molecule has 7 heteroatoms. The molecule has 2 rings (SSSR count). The van der Waals surface area contributed by atoms with E-state index >= 15 is 0 Å². The maximum atomic E-state index is 12.4. The van der Waals surface area contributed by atoms with Gasteiger partial charge in [0.05, 0.1) is 4.90 Å². The third-order valence-corrected chi connectivity index (χ3v) is 6.70. The van der Waals surface area contributed by atoms with Gasteiger partial charge in [-0.2, -0.15) is 0 Å². The third kappa shape index (κ3) is 7.23. The van der Waals surface area contributed by atoms with Crippen LogP contribution in [0, 0.1) is 13.8 Å². The highest BCUT2D eigenvalue weighted by Crippen LogP contribution is 2.14. The molecule has 0 saturated carbocycles. The van der Waals surface area contributed by atoms with Gasteiger partial charge in [-0.05, 0) is 61.3 Å².